The lowest BCUT2D eigenvalue weighted by Crippen LogP contribution is -2.19. The van der Waals surface area contributed by atoms with Gasteiger partial charge in [0.25, 0.3) is 5.56 Å². The average Bonchev–Trinajstić information content (AvgIpc) is 1.94. The van der Waals surface area contributed by atoms with Crippen LogP contribution < -0.4 is 11.3 Å². The lowest BCUT2D eigenvalue weighted by Gasteiger charge is -2.02. The summed E-state index contributed by atoms with van der Waals surface area (Å²) in [6.45, 7) is 1.63. The molecule has 1 atom stereocenters. The summed E-state index contributed by atoms with van der Waals surface area (Å²) in [6, 6.07) is 0.707. The summed E-state index contributed by atoms with van der Waals surface area (Å²) < 4.78 is 12.5. The molecule has 1 aromatic heterocycles. The number of nitrogens with two attached hydrogens (primary N) is 1. The Bertz CT molecular complexity index is 311. The maximum Gasteiger partial charge on any atom is 0.252 e. The summed E-state index contributed by atoms with van der Waals surface area (Å²) in [5.41, 5.74) is 5.33. The number of rotatable bonds is 1. The molecular formula is C7H10ClFN2O. The average molecular weight is 193 g/mol. The summed E-state index contributed by atoms with van der Waals surface area (Å²) in [4.78, 5) is 13.1. The monoisotopic (exact) mass is 192 g/mol. The normalized spacial score (nSPS) is 11.9. The standard InChI is InChI=1S/C7H9FN2O.ClH/c1-4(9)6-2-5(8)3-10-7(6)11;/h2-4H,9H2,1H3,(H,10,11);1H. The topological polar surface area (TPSA) is 58.9 Å². The van der Waals surface area contributed by atoms with Crippen LogP contribution in [-0.2, 0) is 0 Å². The van der Waals surface area contributed by atoms with Gasteiger partial charge in [-0.2, -0.15) is 0 Å². The van der Waals surface area contributed by atoms with Crippen molar-refractivity contribution in [3.05, 3.63) is 34.0 Å². The molecule has 0 saturated carbocycles. The molecule has 0 spiro atoms. The van der Waals surface area contributed by atoms with Gasteiger partial charge in [-0.15, -0.1) is 12.4 Å². The van der Waals surface area contributed by atoms with Crippen LogP contribution in [0.3, 0.4) is 0 Å². The zero-order chi connectivity index (χ0) is 8.43. The van der Waals surface area contributed by atoms with E-state index in [0.29, 0.717) is 0 Å². The minimum Gasteiger partial charge on any atom is -0.326 e. The van der Waals surface area contributed by atoms with Crippen LogP contribution in [0.5, 0.6) is 0 Å². The Morgan fingerprint density at radius 1 is 1.67 bits per heavy atom. The number of halogens is 2. The Morgan fingerprint density at radius 2 is 2.25 bits per heavy atom. The van der Waals surface area contributed by atoms with Crippen molar-refractivity contribution >= 4 is 12.4 Å². The van der Waals surface area contributed by atoms with Gasteiger partial charge in [0.1, 0.15) is 5.82 Å². The van der Waals surface area contributed by atoms with Crippen molar-refractivity contribution in [1.82, 2.24) is 4.98 Å². The van der Waals surface area contributed by atoms with Gasteiger partial charge in [-0.3, -0.25) is 4.79 Å². The molecule has 0 saturated heterocycles. The zero-order valence-electron chi connectivity index (χ0n) is 6.50. The fraction of sp³-hybridized carbons (Fsp3) is 0.286. The van der Waals surface area contributed by atoms with E-state index < -0.39 is 11.9 Å². The van der Waals surface area contributed by atoms with Crippen LogP contribution in [0.25, 0.3) is 0 Å². The summed E-state index contributed by atoms with van der Waals surface area (Å²) >= 11 is 0. The number of H-pyrrole nitrogens is 1. The third-order valence-corrected chi connectivity index (χ3v) is 1.39. The van der Waals surface area contributed by atoms with Crippen LogP contribution in [0.4, 0.5) is 4.39 Å². The summed E-state index contributed by atoms with van der Waals surface area (Å²) in [5, 5.41) is 0. The Labute approximate surface area is 75.2 Å². The van der Waals surface area contributed by atoms with E-state index in [1.807, 2.05) is 0 Å². The van der Waals surface area contributed by atoms with E-state index in [0.717, 1.165) is 12.3 Å². The van der Waals surface area contributed by atoms with Crippen molar-refractivity contribution in [1.29, 1.82) is 0 Å². The van der Waals surface area contributed by atoms with Gasteiger partial charge in [-0.25, -0.2) is 4.39 Å². The van der Waals surface area contributed by atoms with Crippen molar-refractivity contribution < 1.29 is 4.39 Å². The molecule has 0 aliphatic heterocycles. The van der Waals surface area contributed by atoms with E-state index in [9.17, 15) is 9.18 Å². The number of hydrogen-bond donors (Lipinski definition) is 2. The highest BCUT2D eigenvalue weighted by atomic mass is 35.5. The predicted octanol–water partition coefficient (Wildman–Crippen LogP) is 0.956. The number of pyridine rings is 1. The molecule has 0 bridgehead atoms. The predicted molar refractivity (Wildman–Crippen MR) is 46.9 cm³/mol. The van der Waals surface area contributed by atoms with Crippen molar-refractivity contribution in [3.63, 3.8) is 0 Å². The largest absolute Gasteiger partial charge is 0.326 e. The molecule has 1 rings (SSSR count). The molecule has 12 heavy (non-hydrogen) atoms. The number of hydrogen-bond acceptors (Lipinski definition) is 2. The molecular weight excluding hydrogens is 183 g/mol. The van der Waals surface area contributed by atoms with Crippen LogP contribution in [0, 0.1) is 5.82 Å². The third-order valence-electron chi connectivity index (χ3n) is 1.39. The minimum atomic E-state index is -0.475. The number of nitrogens with one attached hydrogen (secondary N) is 1. The second-order valence-electron chi connectivity index (χ2n) is 2.39. The van der Waals surface area contributed by atoms with Crippen molar-refractivity contribution in [2.75, 3.05) is 0 Å². The highest BCUT2D eigenvalue weighted by molar-refractivity contribution is 5.85. The zero-order valence-corrected chi connectivity index (χ0v) is 7.32. The maximum absolute atomic E-state index is 12.5. The summed E-state index contributed by atoms with van der Waals surface area (Å²) in [7, 11) is 0. The smallest absolute Gasteiger partial charge is 0.252 e. The van der Waals surface area contributed by atoms with Gasteiger partial charge in [0.2, 0.25) is 0 Å². The van der Waals surface area contributed by atoms with E-state index in [2.05, 4.69) is 4.98 Å². The summed E-state index contributed by atoms with van der Waals surface area (Å²) in [5.74, 6) is -0.475. The van der Waals surface area contributed by atoms with Gasteiger partial charge in [-0.1, -0.05) is 0 Å². The van der Waals surface area contributed by atoms with Crippen LogP contribution in [0.2, 0.25) is 0 Å². The van der Waals surface area contributed by atoms with Crippen LogP contribution in [0.1, 0.15) is 18.5 Å². The highest BCUT2D eigenvalue weighted by Gasteiger charge is 2.04. The fourth-order valence-electron chi connectivity index (χ4n) is 0.812. The Balaban J connectivity index is 0.00000121. The lowest BCUT2D eigenvalue weighted by atomic mass is 10.1. The van der Waals surface area contributed by atoms with Crippen molar-refractivity contribution in [2.24, 2.45) is 5.73 Å². The van der Waals surface area contributed by atoms with E-state index >= 15 is 0 Å². The van der Waals surface area contributed by atoms with Gasteiger partial charge in [0, 0.05) is 17.8 Å². The molecule has 0 radical (unpaired) electrons. The SMILES string of the molecule is CC(N)c1cc(F)c[nH]c1=O.Cl. The second-order valence-corrected chi connectivity index (χ2v) is 2.39. The second kappa shape index (κ2) is 4.23. The number of aromatic nitrogens is 1. The van der Waals surface area contributed by atoms with Crippen molar-refractivity contribution in [2.45, 2.75) is 13.0 Å². The van der Waals surface area contributed by atoms with E-state index in [4.69, 9.17) is 5.73 Å². The molecule has 5 heteroatoms. The van der Waals surface area contributed by atoms with Crippen LogP contribution in [0.15, 0.2) is 17.1 Å². The maximum atomic E-state index is 12.5. The molecule has 3 nitrogen and oxygen atoms in total. The molecule has 0 amide bonds. The van der Waals surface area contributed by atoms with E-state index in [1.165, 1.54) is 0 Å². The van der Waals surface area contributed by atoms with Gasteiger partial charge in [-0.05, 0) is 13.0 Å². The van der Waals surface area contributed by atoms with Crippen LogP contribution >= 0.6 is 12.4 Å². The highest BCUT2D eigenvalue weighted by Crippen LogP contribution is 2.03. The Morgan fingerprint density at radius 3 is 2.67 bits per heavy atom. The molecule has 0 aromatic carbocycles. The first-order chi connectivity index (χ1) is 5.11. The first kappa shape index (κ1) is 11.1. The fourth-order valence-corrected chi connectivity index (χ4v) is 0.812. The lowest BCUT2D eigenvalue weighted by molar-refractivity contribution is 0.612. The van der Waals surface area contributed by atoms with E-state index in [-0.39, 0.29) is 23.5 Å². The quantitative estimate of drug-likeness (QED) is 0.696. The molecule has 0 aliphatic carbocycles. The van der Waals surface area contributed by atoms with Gasteiger partial charge in [0.05, 0.1) is 0 Å². The Kier molecular flexibility index (Phi) is 3.92. The van der Waals surface area contributed by atoms with Crippen molar-refractivity contribution in [3.8, 4) is 0 Å². The van der Waals surface area contributed by atoms with Gasteiger partial charge in [0.15, 0.2) is 0 Å². The first-order valence-corrected chi connectivity index (χ1v) is 3.25. The molecule has 68 valence electrons. The first-order valence-electron chi connectivity index (χ1n) is 3.25. The molecule has 1 heterocycles. The van der Waals surface area contributed by atoms with Gasteiger partial charge < -0.3 is 10.7 Å². The van der Waals surface area contributed by atoms with E-state index in [1.54, 1.807) is 6.92 Å². The molecule has 3 N–H and O–H groups in total. The third kappa shape index (κ3) is 2.32. The molecule has 0 aliphatic rings. The summed E-state index contributed by atoms with van der Waals surface area (Å²) in [6.07, 6.45) is 1.01. The molecule has 1 aromatic rings. The molecule has 1 unspecified atom stereocenters. The van der Waals surface area contributed by atoms with Crippen LogP contribution in [-0.4, -0.2) is 4.98 Å². The Hall–Kier alpha value is -0.870. The molecule has 0 fully saturated rings. The number of aromatic amines is 1. The minimum absolute atomic E-state index is 0. The van der Waals surface area contributed by atoms with Gasteiger partial charge >= 0.3 is 0 Å².